The van der Waals surface area contributed by atoms with Crippen LogP contribution in [0.15, 0.2) is 200 Å². The molecule has 1 atom stereocenters. The van der Waals surface area contributed by atoms with Gasteiger partial charge in [-0.3, -0.25) is 0 Å². The highest BCUT2D eigenvalue weighted by molar-refractivity contribution is 5.92. The molecule has 0 radical (unpaired) electrons. The van der Waals surface area contributed by atoms with E-state index in [1.807, 2.05) is 0 Å². The quantitative estimate of drug-likeness (QED) is 0.169. The fourth-order valence-corrected chi connectivity index (χ4v) is 9.84. The van der Waals surface area contributed by atoms with Crippen LogP contribution in [0.4, 0.5) is 0 Å². The average Bonchev–Trinajstić information content (AvgIpc) is 3.53. The van der Waals surface area contributed by atoms with Crippen molar-refractivity contribution in [1.82, 2.24) is 9.97 Å². The number of nitrogens with zero attached hydrogens (tertiary/aromatic N) is 2. The molecule has 2 aliphatic carbocycles. The normalized spacial score (nSPS) is 16.3. The smallest absolute Gasteiger partial charge is 0.160 e. The summed E-state index contributed by atoms with van der Waals surface area (Å²) in [6.07, 6.45) is 4.48. The molecule has 0 saturated heterocycles. The highest BCUT2D eigenvalue weighted by atomic mass is 14.9. The van der Waals surface area contributed by atoms with Crippen molar-refractivity contribution in [2.45, 2.75) is 38.5 Å². The molecule has 0 saturated carbocycles. The summed E-state index contributed by atoms with van der Waals surface area (Å²) in [7, 11) is 0. The summed E-state index contributed by atoms with van der Waals surface area (Å²) in [6.45, 7) is 9.25. The first-order chi connectivity index (χ1) is 28.4. The van der Waals surface area contributed by atoms with Crippen molar-refractivity contribution in [3.8, 4) is 56.2 Å². The van der Waals surface area contributed by atoms with Gasteiger partial charge in [0, 0.05) is 22.1 Å². The molecular formula is C56H44N2. The fraction of sp³-hybridized carbons (Fsp3) is 0.107. The molecule has 278 valence electrons. The van der Waals surface area contributed by atoms with Gasteiger partial charge < -0.3 is 0 Å². The molecule has 1 heterocycles. The number of hydrogen-bond acceptors (Lipinski definition) is 2. The second-order valence-electron chi connectivity index (χ2n) is 16.1. The first-order valence-corrected chi connectivity index (χ1v) is 20.3. The zero-order valence-electron chi connectivity index (χ0n) is 33.4. The van der Waals surface area contributed by atoms with Crippen LogP contribution in [-0.4, -0.2) is 9.97 Å². The molecule has 1 unspecified atom stereocenters. The van der Waals surface area contributed by atoms with Crippen molar-refractivity contribution in [2.24, 2.45) is 0 Å². The summed E-state index contributed by atoms with van der Waals surface area (Å²) in [5.74, 6) is 0.700. The van der Waals surface area contributed by atoms with E-state index in [4.69, 9.17) is 9.97 Å². The van der Waals surface area contributed by atoms with E-state index < -0.39 is 5.41 Å². The number of allylic oxidation sites excluding steroid dienone is 4. The Balaban J connectivity index is 1.20. The van der Waals surface area contributed by atoms with Crippen LogP contribution in [0.3, 0.4) is 0 Å². The molecule has 2 nitrogen and oxygen atoms in total. The third-order valence-electron chi connectivity index (χ3n) is 12.6. The van der Waals surface area contributed by atoms with Crippen molar-refractivity contribution in [3.05, 3.63) is 233 Å². The monoisotopic (exact) mass is 744 g/mol. The lowest BCUT2D eigenvalue weighted by Gasteiger charge is -2.47. The lowest BCUT2D eigenvalue weighted by Crippen LogP contribution is -2.41. The van der Waals surface area contributed by atoms with Gasteiger partial charge in [0.25, 0.3) is 0 Å². The van der Waals surface area contributed by atoms with Crippen molar-refractivity contribution in [3.63, 3.8) is 0 Å². The van der Waals surface area contributed by atoms with Crippen LogP contribution in [0, 0.1) is 0 Å². The Morgan fingerprint density at radius 3 is 1.72 bits per heavy atom. The Kier molecular flexibility index (Phi) is 8.53. The highest BCUT2D eigenvalue weighted by Crippen LogP contribution is 2.61. The molecule has 10 rings (SSSR count). The Morgan fingerprint density at radius 2 is 0.983 bits per heavy atom. The summed E-state index contributed by atoms with van der Waals surface area (Å²) in [6, 6.07) is 65.8. The lowest BCUT2D eigenvalue weighted by molar-refractivity contribution is 0.558. The zero-order valence-corrected chi connectivity index (χ0v) is 33.4. The number of aromatic nitrogens is 2. The topological polar surface area (TPSA) is 25.8 Å². The van der Waals surface area contributed by atoms with Crippen LogP contribution in [-0.2, 0) is 10.8 Å². The largest absolute Gasteiger partial charge is 0.228 e. The van der Waals surface area contributed by atoms with Crippen molar-refractivity contribution >= 4 is 5.57 Å². The van der Waals surface area contributed by atoms with Gasteiger partial charge in [-0.15, -0.1) is 0 Å². The molecule has 0 bridgehead atoms. The minimum Gasteiger partial charge on any atom is -0.228 e. The van der Waals surface area contributed by atoms with Crippen LogP contribution in [0.2, 0.25) is 0 Å². The van der Waals surface area contributed by atoms with Crippen LogP contribution >= 0.6 is 0 Å². The zero-order chi connectivity index (χ0) is 39.4. The third kappa shape index (κ3) is 5.47. The molecule has 1 aromatic heterocycles. The third-order valence-corrected chi connectivity index (χ3v) is 12.6. The van der Waals surface area contributed by atoms with E-state index in [0.717, 1.165) is 44.8 Å². The second-order valence-corrected chi connectivity index (χ2v) is 16.1. The Hall–Kier alpha value is -6.90. The van der Waals surface area contributed by atoms with E-state index in [9.17, 15) is 0 Å². The van der Waals surface area contributed by atoms with E-state index >= 15 is 0 Å². The highest BCUT2D eigenvalue weighted by Gasteiger charge is 2.52. The Bertz CT molecular complexity index is 2930. The Morgan fingerprint density at radius 1 is 0.414 bits per heavy atom. The number of rotatable bonds is 6. The average molecular weight is 745 g/mol. The lowest BCUT2D eigenvalue weighted by atomic mass is 9.55. The minimum absolute atomic E-state index is 0.200. The summed E-state index contributed by atoms with van der Waals surface area (Å²) in [5.41, 5.74) is 19.6. The predicted octanol–water partition coefficient (Wildman–Crippen LogP) is 14.1. The molecular weight excluding hydrogens is 701 g/mol. The van der Waals surface area contributed by atoms with Gasteiger partial charge in [-0.2, -0.15) is 0 Å². The van der Waals surface area contributed by atoms with E-state index in [1.54, 1.807) is 0 Å². The van der Waals surface area contributed by atoms with Crippen LogP contribution in [0.5, 0.6) is 0 Å². The summed E-state index contributed by atoms with van der Waals surface area (Å²) in [5, 5.41) is 0. The van der Waals surface area contributed by atoms with Crippen LogP contribution < -0.4 is 0 Å². The van der Waals surface area contributed by atoms with Gasteiger partial charge in [0.1, 0.15) is 0 Å². The predicted molar refractivity (Wildman–Crippen MR) is 242 cm³/mol. The number of benzene rings is 7. The minimum atomic E-state index is -0.440. The maximum absolute atomic E-state index is 5.38. The molecule has 7 aromatic carbocycles. The molecule has 2 aliphatic rings. The second kappa shape index (κ2) is 13.9. The van der Waals surface area contributed by atoms with Gasteiger partial charge >= 0.3 is 0 Å². The maximum atomic E-state index is 5.38. The Labute approximate surface area is 342 Å². The van der Waals surface area contributed by atoms with Crippen LogP contribution in [0.25, 0.3) is 61.7 Å². The molecule has 2 heteroatoms. The molecule has 0 aliphatic heterocycles. The summed E-state index contributed by atoms with van der Waals surface area (Å²) >= 11 is 0. The van der Waals surface area contributed by atoms with Gasteiger partial charge in [-0.25, -0.2) is 9.97 Å². The first kappa shape index (κ1) is 35.5. The van der Waals surface area contributed by atoms with Crippen LogP contribution in [0.1, 0.15) is 61.1 Å². The first-order valence-electron chi connectivity index (χ1n) is 20.3. The summed E-state index contributed by atoms with van der Waals surface area (Å²) in [4.78, 5) is 10.6. The standard InChI is InChI=1S/C56H44N2/c1-5-19-43-37(2)56(47-29-15-14-27-45(43)47)50-31-17-16-30-48(50)55(3,4)49-33-32-41(35-51(49)56)44-26-12-13-28-46(44)53-36-52(39-22-10-7-11-23-39)57-54(58-53)42-25-18-24-40(34-42)38-20-8-6-9-21-38/h5-36H,1-4H3/b19-5-. The van der Waals surface area contributed by atoms with Gasteiger partial charge in [-0.1, -0.05) is 190 Å². The maximum Gasteiger partial charge on any atom is 0.160 e. The van der Waals surface area contributed by atoms with Crippen molar-refractivity contribution < 1.29 is 0 Å². The van der Waals surface area contributed by atoms with E-state index in [2.05, 4.69) is 222 Å². The van der Waals surface area contributed by atoms with Gasteiger partial charge in [0.05, 0.1) is 16.8 Å². The van der Waals surface area contributed by atoms with E-state index in [1.165, 1.54) is 50.1 Å². The SMILES string of the molecule is C/C=C\C1=C(C)C2(c3ccccc31)c1ccccc1C(C)(C)c1ccc(-c3ccccc3-c3cc(-c4ccccc4)nc(-c4cccc(-c5ccccc5)c4)n3)cc12. The molecule has 58 heavy (non-hydrogen) atoms. The summed E-state index contributed by atoms with van der Waals surface area (Å²) < 4.78 is 0. The van der Waals surface area contributed by atoms with Gasteiger partial charge in [-0.05, 0) is 98.8 Å². The number of hydrogen-bond donors (Lipinski definition) is 0. The fourth-order valence-electron chi connectivity index (χ4n) is 9.84. The van der Waals surface area contributed by atoms with Gasteiger partial charge in [0.2, 0.25) is 0 Å². The molecule has 0 N–H and O–H groups in total. The van der Waals surface area contributed by atoms with Crippen molar-refractivity contribution in [2.75, 3.05) is 0 Å². The molecule has 0 fully saturated rings. The molecule has 0 amide bonds. The van der Waals surface area contributed by atoms with E-state index in [0.29, 0.717) is 5.82 Å². The van der Waals surface area contributed by atoms with Gasteiger partial charge in [0.15, 0.2) is 5.82 Å². The number of fused-ring (bicyclic) bond motifs is 6. The molecule has 1 spiro atoms. The molecule has 8 aromatic rings. The van der Waals surface area contributed by atoms with Crippen molar-refractivity contribution in [1.29, 1.82) is 0 Å². The van der Waals surface area contributed by atoms with E-state index in [-0.39, 0.29) is 5.41 Å².